The molecule has 2 aromatic rings. The van der Waals surface area contributed by atoms with E-state index in [1.165, 1.54) is 5.56 Å². The summed E-state index contributed by atoms with van der Waals surface area (Å²) in [5.74, 6) is 2.28. The maximum Gasteiger partial charge on any atom is 0.130 e. The van der Waals surface area contributed by atoms with Gasteiger partial charge in [0, 0.05) is 0 Å². The lowest BCUT2D eigenvalue weighted by Crippen LogP contribution is -2.03. The first kappa shape index (κ1) is 13.6. The first-order valence-electron chi connectivity index (χ1n) is 6.76. The van der Waals surface area contributed by atoms with Gasteiger partial charge in [0.1, 0.15) is 11.5 Å². The van der Waals surface area contributed by atoms with Gasteiger partial charge in [-0.05, 0) is 48.2 Å². The van der Waals surface area contributed by atoms with Crippen molar-refractivity contribution < 1.29 is 4.74 Å². The van der Waals surface area contributed by atoms with Crippen LogP contribution in [-0.4, -0.2) is 6.54 Å². The molecule has 0 amide bonds. The maximum atomic E-state index is 6.00. The topological polar surface area (TPSA) is 35.2 Å². The zero-order valence-corrected chi connectivity index (χ0v) is 11.6. The monoisotopic (exact) mass is 255 g/mol. The Morgan fingerprint density at radius 1 is 1.05 bits per heavy atom. The summed E-state index contributed by atoms with van der Waals surface area (Å²) in [4.78, 5) is 0. The average molecular weight is 255 g/mol. The van der Waals surface area contributed by atoms with Gasteiger partial charge in [0.25, 0.3) is 0 Å². The van der Waals surface area contributed by atoms with Gasteiger partial charge in [0.15, 0.2) is 0 Å². The van der Waals surface area contributed by atoms with Crippen molar-refractivity contribution in [1.29, 1.82) is 0 Å². The standard InChI is InChI=1S/C17H21NO/c1-13(2)15-7-5-8-16(12-15)19-17-9-4-3-6-14(17)10-11-18/h3-9,12-13H,10-11,18H2,1-2H3. The molecule has 2 N–H and O–H groups in total. The highest BCUT2D eigenvalue weighted by atomic mass is 16.5. The molecular formula is C17H21NO. The summed E-state index contributed by atoms with van der Waals surface area (Å²) >= 11 is 0. The summed E-state index contributed by atoms with van der Waals surface area (Å²) < 4.78 is 6.00. The quantitative estimate of drug-likeness (QED) is 0.872. The molecule has 0 heterocycles. The van der Waals surface area contributed by atoms with Gasteiger partial charge in [0.2, 0.25) is 0 Å². The summed E-state index contributed by atoms with van der Waals surface area (Å²) in [5.41, 5.74) is 8.07. The molecule has 0 aliphatic rings. The number of benzene rings is 2. The summed E-state index contributed by atoms with van der Waals surface area (Å²) in [7, 11) is 0. The molecule has 0 aliphatic carbocycles. The first-order valence-corrected chi connectivity index (χ1v) is 6.76. The molecular weight excluding hydrogens is 234 g/mol. The van der Waals surface area contributed by atoms with Gasteiger partial charge in [-0.2, -0.15) is 0 Å². The minimum Gasteiger partial charge on any atom is -0.457 e. The third kappa shape index (κ3) is 3.58. The second-order valence-electron chi connectivity index (χ2n) is 4.98. The van der Waals surface area contributed by atoms with Crippen molar-refractivity contribution in [2.75, 3.05) is 6.54 Å². The number of rotatable bonds is 5. The van der Waals surface area contributed by atoms with Crippen LogP contribution in [0.4, 0.5) is 0 Å². The van der Waals surface area contributed by atoms with Crippen molar-refractivity contribution >= 4 is 0 Å². The highest BCUT2D eigenvalue weighted by molar-refractivity contribution is 5.39. The molecule has 0 atom stereocenters. The van der Waals surface area contributed by atoms with Crippen LogP contribution in [0.2, 0.25) is 0 Å². The van der Waals surface area contributed by atoms with E-state index in [1.807, 2.05) is 30.3 Å². The fourth-order valence-electron chi connectivity index (χ4n) is 2.03. The minimum absolute atomic E-state index is 0.503. The maximum absolute atomic E-state index is 6.00. The molecule has 19 heavy (non-hydrogen) atoms. The zero-order valence-electron chi connectivity index (χ0n) is 11.6. The van der Waals surface area contributed by atoms with Gasteiger partial charge >= 0.3 is 0 Å². The van der Waals surface area contributed by atoms with Gasteiger partial charge in [0.05, 0.1) is 0 Å². The van der Waals surface area contributed by atoms with Crippen LogP contribution in [-0.2, 0) is 6.42 Å². The Labute approximate surface area is 115 Å². The number of hydrogen-bond donors (Lipinski definition) is 1. The SMILES string of the molecule is CC(C)c1cccc(Oc2ccccc2CCN)c1. The normalized spacial score (nSPS) is 10.7. The third-order valence-corrected chi connectivity index (χ3v) is 3.14. The van der Waals surface area contributed by atoms with Crippen molar-refractivity contribution in [3.8, 4) is 11.5 Å². The van der Waals surface area contributed by atoms with E-state index in [2.05, 4.69) is 32.0 Å². The predicted octanol–water partition coefficient (Wildman–Crippen LogP) is 4.10. The molecule has 0 radical (unpaired) electrons. The Morgan fingerprint density at radius 2 is 1.84 bits per heavy atom. The molecule has 2 nitrogen and oxygen atoms in total. The van der Waals surface area contributed by atoms with Crippen molar-refractivity contribution in [3.05, 3.63) is 59.7 Å². The highest BCUT2D eigenvalue weighted by Crippen LogP contribution is 2.27. The molecule has 0 aromatic heterocycles. The van der Waals surface area contributed by atoms with Crippen LogP contribution in [0, 0.1) is 0 Å². The van der Waals surface area contributed by atoms with Crippen molar-refractivity contribution in [2.24, 2.45) is 5.73 Å². The van der Waals surface area contributed by atoms with Gasteiger partial charge in [-0.1, -0.05) is 44.2 Å². The molecule has 2 aromatic carbocycles. The van der Waals surface area contributed by atoms with Gasteiger partial charge in [-0.3, -0.25) is 0 Å². The molecule has 0 unspecified atom stereocenters. The molecule has 0 fully saturated rings. The second kappa shape index (κ2) is 6.39. The summed E-state index contributed by atoms with van der Waals surface area (Å²) in [6, 6.07) is 16.3. The Bertz CT molecular complexity index is 534. The van der Waals surface area contributed by atoms with Crippen LogP contribution in [0.3, 0.4) is 0 Å². The smallest absolute Gasteiger partial charge is 0.130 e. The van der Waals surface area contributed by atoms with E-state index < -0.39 is 0 Å². The number of para-hydroxylation sites is 1. The van der Waals surface area contributed by atoms with E-state index in [1.54, 1.807) is 0 Å². The molecule has 100 valence electrons. The third-order valence-electron chi connectivity index (χ3n) is 3.14. The van der Waals surface area contributed by atoms with Gasteiger partial charge < -0.3 is 10.5 Å². The first-order chi connectivity index (χ1) is 9.20. The molecule has 0 bridgehead atoms. The lowest BCUT2D eigenvalue weighted by molar-refractivity contribution is 0.475. The zero-order chi connectivity index (χ0) is 13.7. The molecule has 0 saturated carbocycles. The van der Waals surface area contributed by atoms with Crippen LogP contribution in [0.15, 0.2) is 48.5 Å². The fourth-order valence-corrected chi connectivity index (χ4v) is 2.03. The van der Waals surface area contributed by atoms with E-state index in [-0.39, 0.29) is 0 Å². The highest BCUT2D eigenvalue weighted by Gasteiger charge is 2.05. The number of hydrogen-bond acceptors (Lipinski definition) is 2. The van der Waals surface area contributed by atoms with Crippen LogP contribution < -0.4 is 10.5 Å². The second-order valence-corrected chi connectivity index (χ2v) is 4.98. The molecule has 0 aliphatic heterocycles. The predicted molar refractivity (Wildman–Crippen MR) is 79.8 cm³/mol. The van der Waals surface area contributed by atoms with Gasteiger partial charge in [-0.25, -0.2) is 0 Å². The molecule has 0 saturated heterocycles. The summed E-state index contributed by atoms with van der Waals surface area (Å²) in [6.07, 6.45) is 0.833. The summed E-state index contributed by atoms with van der Waals surface area (Å²) in [5, 5.41) is 0. The lowest BCUT2D eigenvalue weighted by Gasteiger charge is -2.12. The van der Waals surface area contributed by atoms with E-state index >= 15 is 0 Å². The number of ether oxygens (including phenoxy) is 1. The molecule has 2 rings (SSSR count). The Hall–Kier alpha value is -1.80. The number of nitrogens with two attached hydrogens (primary N) is 1. The van der Waals surface area contributed by atoms with Crippen molar-refractivity contribution in [1.82, 2.24) is 0 Å². The summed E-state index contributed by atoms with van der Waals surface area (Å²) in [6.45, 7) is 5.00. The van der Waals surface area contributed by atoms with E-state index in [0.717, 1.165) is 23.5 Å². The largest absolute Gasteiger partial charge is 0.457 e. The van der Waals surface area contributed by atoms with Crippen LogP contribution in [0.5, 0.6) is 11.5 Å². The molecule has 2 heteroatoms. The van der Waals surface area contributed by atoms with Crippen LogP contribution >= 0.6 is 0 Å². The van der Waals surface area contributed by atoms with Gasteiger partial charge in [-0.15, -0.1) is 0 Å². The van der Waals surface area contributed by atoms with Crippen molar-refractivity contribution in [2.45, 2.75) is 26.2 Å². The van der Waals surface area contributed by atoms with Crippen molar-refractivity contribution in [3.63, 3.8) is 0 Å². The molecule has 0 spiro atoms. The van der Waals surface area contributed by atoms with Crippen LogP contribution in [0.1, 0.15) is 30.9 Å². The van der Waals surface area contributed by atoms with E-state index in [0.29, 0.717) is 12.5 Å². The average Bonchev–Trinajstić information content (AvgIpc) is 2.41. The fraction of sp³-hybridized carbons (Fsp3) is 0.294. The Morgan fingerprint density at radius 3 is 2.58 bits per heavy atom. The Kier molecular flexibility index (Phi) is 4.58. The lowest BCUT2D eigenvalue weighted by atomic mass is 10.0. The van der Waals surface area contributed by atoms with E-state index in [4.69, 9.17) is 10.5 Å². The minimum atomic E-state index is 0.503. The Balaban J connectivity index is 2.23. The van der Waals surface area contributed by atoms with Crippen LogP contribution in [0.25, 0.3) is 0 Å². The van der Waals surface area contributed by atoms with E-state index in [9.17, 15) is 0 Å².